The maximum absolute atomic E-state index is 14.3. The molecule has 0 bridgehead atoms. The maximum Gasteiger partial charge on any atom is 0.405 e. The fourth-order valence-electron chi connectivity index (χ4n) is 4.40. The number of fused-ring (bicyclic) bond motifs is 1. The molecule has 8 nitrogen and oxygen atoms in total. The number of aromatic nitrogens is 2. The summed E-state index contributed by atoms with van der Waals surface area (Å²) < 4.78 is 52.4. The molecule has 208 valence electrons. The van der Waals surface area contributed by atoms with Crippen molar-refractivity contribution in [3.05, 3.63) is 70.7 Å². The summed E-state index contributed by atoms with van der Waals surface area (Å²) >= 11 is 0. The van der Waals surface area contributed by atoms with Crippen molar-refractivity contribution in [3.63, 3.8) is 0 Å². The molecule has 0 aliphatic carbocycles. The van der Waals surface area contributed by atoms with Gasteiger partial charge in [0.05, 0.1) is 5.60 Å². The minimum absolute atomic E-state index is 0.0198. The van der Waals surface area contributed by atoms with Crippen LogP contribution in [-0.4, -0.2) is 40.2 Å². The average molecular weight is 547 g/mol. The first-order chi connectivity index (χ1) is 18.1. The van der Waals surface area contributed by atoms with Gasteiger partial charge in [-0.2, -0.15) is 18.2 Å². The van der Waals surface area contributed by atoms with E-state index in [1.54, 1.807) is 0 Å². The maximum atomic E-state index is 14.3. The van der Waals surface area contributed by atoms with E-state index in [1.807, 2.05) is 23.5 Å². The van der Waals surface area contributed by atoms with Crippen molar-refractivity contribution in [2.45, 2.75) is 51.4 Å². The summed E-state index contributed by atoms with van der Waals surface area (Å²) in [5, 5.41) is 21.4. The second-order valence-corrected chi connectivity index (χ2v) is 10.6. The highest BCUT2D eigenvalue weighted by Crippen LogP contribution is 2.32. The molecule has 0 saturated carbocycles. The van der Waals surface area contributed by atoms with Gasteiger partial charge in [0.1, 0.15) is 23.7 Å². The number of rotatable bonds is 7. The summed E-state index contributed by atoms with van der Waals surface area (Å²) in [6, 6.07) is 9.67. The van der Waals surface area contributed by atoms with Crippen molar-refractivity contribution in [2.75, 3.05) is 23.7 Å². The summed E-state index contributed by atoms with van der Waals surface area (Å²) in [5.74, 6) is -1.72. The third kappa shape index (κ3) is 6.82. The highest BCUT2D eigenvalue weighted by atomic mass is 19.4. The lowest BCUT2D eigenvalue weighted by molar-refractivity contribution is -0.123. The number of benzene rings is 2. The lowest BCUT2D eigenvalue weighted by Gasteiger charge is -2.33. The van der Waals surface area contributed by atoms with Gasteiger partial charge in [-0.15, -0.1) is 0 Å². The van der Waals surface area contributed by atoms with Crippen LogP contribution < -0.4 is 21.3 Å². The molecule has 0 saturated heterocycles. The SMILES string of the molecule is CC(C)(O)c1cc(Nc2nc(Nc3ccc4c(c3)CNCC4(C)C)ncc2C(=O)NCC(F)(F)F)ccc1F. The monoisotopic (exact) mass is 546 g/mol. The highest BCUT2D eigenvalue weighted by molar-refractivity contribution is 5.99. The van der Waals surface area contributed by atoms with Crippen LogP contribution >= 0.6 is 0 Å². The quantitative estimate of drug-likeness (QED) is 0.265. The van der Waals surface area contributed by atoms with Crippen molar-refractivity contribution in [1.82, 2.24) is 20.6 Å². The second-order valence-electron chi connectivity index (χ2n) is 10.6. The van der Waals surface area contributed by atoms with E-state index in [-0.39, 0.29) is 34.0 Å². The molecule has 1 aliphatic rings. The Labute approximate surface area is 223 Å². The van der Waals surface area contributed by atoms with E-state index in [1.165, 1.54) is 31.5 Å². The van der Waals surface area contributed by atoms with Crippen molar-refractivity contribution in [3.8, 4) is 0 Å². The molecule has 1 aromatic heterocycles. The number of carbonyl (C=O) groups excluding carboxylic acids is 1. The molecule has 3 aromatic rings. The van der Waals surface area contributed by atoms with Crippen molar-refractivity contribution >= 4 is 29.0 Å². The molecule has 2 aromatic carbocycles. The van der Waals surface area contributed by atoms with Crippen molar-refractivity contribution in [2.24, 2.45) is 0 Å². The molecule has 5 N–H and O–H groups in total. The minimum atomic E-state index is -4.61. The van der Waals surface area contributed by atoms with E-state index in [0.717, 1.165) is 24.4 Å². The lowest BCUT2D eigenvalue weighted by atomic mass is 9.79. The molecule has 0 atom stereocenters. The number of aliphatic hydroxyl groups is 1. The van der Waals surface area contributed by atoms with Gasteiger partial charge >= 0.3 is 6.18 Å². The third-order valence-electron chi connectivity index (χ3n) is 6.34. The Morgan fingerprint density at radius 1 is 1.10 bits per heavy atom. The Bertz CT molecular complexity index is 1390. The van der Waals surface area contributed by atoms with E-state index in [0.29, 0.717) is 12.2 Å². The molecule has 2 heterocycles. The van der Waals surface area contributed by atoms with Gasteiger partial charge in [0.2, 0.25) is 5.95 Å². The van der Waals surface area contributed by atoms with Gasteiger partial charge in [-0.25, -0.2) is 9.37 Å². The minimum Gasteiger partial charge on any atom is -0.386 e. The summed E-state index contributed by atoms with van der Waals surface area (Å²) in [7, 11) is 0. The number of anilines is 4. The molecule has 0 unspecified atom stereocenters. The highest BCUT2D eigenvalue weighted by Gasteiger charge is 2.29. The Balaban J connectivity index is 1.67. The van der Waals surface area contributed by atoms with Crippen LogP contribution in [0.4, 0.5) is 40.7 Å². The number of hydrogen-bond acceptors (Lipinski definition) is 7. The molecule has 39 heavy (non-hydrogen) atoms. The first-order valence-corrected chi connectivity index (χ1v) is 12.2. The summed E-state index contributed by atoms with van der Waals surface area (Å²) in [6.45, 7) is 7.11. The lowest BCUT2D eigenvalue weighted by Crippen LogP contribution is -2.38. The number of nitrogens with zero attached hydrogens (tertiary/aromatic N) is 2. The fourth-order valence-corrected chi connectivity index (χ4v) is 4.40. The van der Waals surface area contributed by atoms with Crippen LogP contribution in [0.25, 0.3) is 0 Å². The summed E-state index contributed by atoms with van der Waals surface area (Å²) in [4.78, 5) is 21.1. The van der Waals surface area contributed by atoms with Gasteiger partial charge in [0.25, 0.3) is 5.91 Å². The van der Waals surface area contributed by atoms with Gasteiger partial charge < -0.3 is 26.4 Å². The zero-order valence-electron chi connectivity index (χ0n) is 21.9. The number of alkyl halides is 3. The zero-order chi connectivity index (χ0) is 28.6. The Hall–Kier alpha value is -3.77. The second kappa shape index (κ2) is 10.4. The summed E-state index contributed by atoms with van der Waals surface area (Å²) in [5.41, 5.74) is 1.42. The number of carbonyl (C=O) groups is 1. The van der Waals surface area contributed by atoms with Crippen LogP contribution in [0, 0.1) is 5.82 Å². The van der Waals surface area contributed by atoms with Crippen LogP contribution in [0.3, 0.4) is 0 Å². The van der Waals surface area contributed by atoms with E-state index in [9.17, 15) is 27.5 Å². The molecular weight excluding hydrogens is 516 g/mol. The first-order valence-electron chi connectivity index (χ1n) is 12.2. The molecular formula is C27H30F4N6O2. The smallest absolute Gasteiger partial charge is 0.386 e. The molecule has 0 spiro atoms. The number of hydrogen-bond donors (Lipinski definition) is 5. The van der Waals surface area contributed by atoms with E-state index in [4.69, 9.17) is 0 Å². The van der Waals surface area contributed by atoms with Crippen LogP contribution in [-0.2, 0) is 17.6 Å². The van der Waals surface area contributed by atoms with Crippen LogP contribution in [0.5, 0.6) is 0 Å². The predicted octanol–water partition coefficient (Wildman–Crippen LogP) is 5.00. The average Bonchev–Trinajstić information content (AvgIpc) is 2.82. The van der Waals surface area contributed by atoms with Gasteiger partial charge in [0, 0.05) is 41.6 Å². The largest absolute Gasteiger partial charge is 0.405 e. The molecule has 1 aliphatic heterocycles. The Kier molecular flexibility index (Phi) is 7.55. The number of halogens is 4. The molecule has 4 rings (SSSR count). The Morgan fingerprint density at radius 2 is 1.79 bits per heavy atom. The summed E-state index contributed by atoms with van der Waals surface area (Å²) in [6.07, 6.45) is -3.51. The van der Waals surface area contributed by atoms with Crippen molar-refractivity contribution < 1.29 is 27.5 Å². The van der Waals surface area contributed by atoms with Gasteiger partial charge in [-0.3, -0.25) is 4.79 Å². The molecule has 12 heteroatoms. The zero-order valence-corrected chi connectivity index (χ0v) is 21.9. The molecule has 1 amide bonds. The van der Waals surface area contributed by atoms with Crippen LogP contribution in [0.15, 0.2) is 42.6 Å². The van der Waals surface area contributed by atoms with Gasteiger partial charge in [-0.05, 0) is 55.3 Å². The van der Waals surface area contributed by atoms with Crippen LogP contribution in [0.1, 0.15) is 54.7 Å². The Morgan fingerprint density at radius 3 is 2.49 bits per heavy atom. The normalized spacial score (nSPS) is 14.9. The molecule has 0 fully saturated rings. The van der Waals surface area contributed by atoms with Gasteiger partial charge in [-0.1, -0.05) is 19.9 Å². The molecule has 0 radical (unpaired) electrons. The standard InChI is InChI=1S/C27H30F4N6O2/c1-25(2)13-32-11-15-9-16(5-7-19(15)25)36-24-33-12-18(23(38)34-14-27(29,30)31)22(37-24)35-17-6-8-21(28)20(10-17)26(3,4)39/h5-10,12,32,39H,11,13-14H2,1-4H3,(H,34,38)(H2,33,35,36,37). The number of amides is 1. The number of nitrogens with one attached hydrogen (secondary N) is 4. The first kappa shape index (κ1) is 28.2. The third-order valence-corrected chi connectivity index (χ3v) is 6.34. The van der Waals surface area contributed by atoms with Gasteiger partial charge in [0.15, 0.2) is 0 Å². The van der Waals surface area contributed by atoms with E-state index < -0.39 is 30.0 Å². The topological polar surface area (TPSA) is 111 Å². The van der Waals surface area contributed by atoms with Crippen molar-refractivity contribution in [1.29, 1.82) is 0 Å². The fraction of sp³-hybridized carbons (Fsp3) is 0.370. The van der Waals surface area contributed by atoms with Crippen LogP contribution in [0.2, 0.25) is 0 Å². The van der Waals surface area contributed by atoms with E-state index in [2.05, 4.69) is 39.8 Å². The van der Waals surface area contributed by atoms with E-state index >= 15 is 0 Å². The predicted molar refractivity (Wildman–Crippen MR) is 140 cm³/mol.